The third-order valence-corrected chi connectivity index (χ3v) is 4.97. The predicted molar refractivity (Wildman–Crippen MR) is 93.7 cm³/mol. The highest BCUT2D eigenvalue weighted by Gasteiger charge is 2.40. The molecule has 28 heavy (non-hydrogen) atoms. The average Bonchev–Trinajstić information content (AvgIpc) is 2.59. The van der Waals surface area contributed by atoms with Crippen molar-refractivity contribution in [3.05, 3.63) is 58.7 Å². The van der Waals surface area contributed by atoms with Gasteiger partial charge in [-0.05, 0) is 41.8 Å². The molecule has 0 bridgehead atoms. The molecule has 3 atom stereocenters. The van der Waals surface area contributed by atoms with E-state index >= 15 is 0 Å². The lowest BCUT2D eigenvalue weighted by Gasteiger charge is -2.28. The number of ether oxygens (including phenoxy) is 2. The fraction of sp³-hybridized carbons (Fsp3) is 0.368. The molecule has 1 aliphatic rings. The van der Waals surface area contributed by atoms with Gasteiger partial charge in [-0.2, -0.15) is 8.78 Å². The van der Waals surface area contributed by atoms with Crippen molar-refractivity contribution in [2.45, 2.75) is 32.0 Å². The van der Waals surface area contributed by atoms with Crippen molar-refractivity contribution in [1.29, 1.82) is 0 Å². The minimum absolute atomic E-state index is 0.190. The first kappa shape index (κ1) is 20.9. The van der Waals surface area contributed by atoms with E-state index in [0.717, 1.165) is 12.5 Å². The summed E-state index contributed by atoms with van der Waals surface area (Å²) in [7, 11) is 2.00. The molecule has 2 aromatic carbocycles. The van der Waals surface area contributed by atoms with E-state index in [2.05, 4.69) is 4.74 Å². The van der Waals surface area contributed by atoms with Crippen LogP contribution in [0.5, 0.6) is 5.75 Å². The van der Waals surface area contributed by atoms with Crippen LogP contribution in [-0.4, -0.2) is 6.61 Å². The number of hydrogen-bond donors (Lipinski definition) is 0. The van der Waals surface area contributed by atoms with Gasteiger partial charge >= 0.3 is 6.11 Å². The summed E-state index contributed by atoms with van der Waals surface area (Å²) in [5.74, 6) is -7.07. The molecule has 9 heteroatoms. The summed E-state index contributed by atoms with van der Waals surface area (Å²) in [5.41, 5.74) is -0.691. The smallest absolute Gasteiger partial charge is 0.429 e. The summed E-state index contributed by atoms with van der Waals surface area (Å²) in [6.45, 7) is 2.50. The number of alkyl halides is 2. The molecule has 0 aromatic heterocycles. The van der Waals surface area contributed by atoms with Crippen molar-refractivity contribution in [2.24, 2.45) is 5.92 Å². The van der Waals surface area contributed by atoms with Gasteiger partial charge in [0, 0.05) is 18.7 Å². The van der Waals surface area contributed by atoms with Gasteiger partial charge in [0.25, 0.3) is 0 Å². The van der Waals surface area contributed by atoms with Gasteiger partial charge in [0.2, 0.25) is 0 Å². The molecule has 1 aliphatic heterocycles. The van der Waals surface area contributed by atoms with Crippen LogP contribution in [0.2, 0.25) is 0 Å². The fourth-order valence-corrected chi connectivity index (χ4v) is 3.58. The summed E-state index contributed by atoms with van der Waals surface area (Å²) in [6, 6.07) is 2.80. The Morgan fingerprint density at radius 3 is 2.18 bits per heavy atom. The van der Waals surface area contributed by atoms with Crippen molar-refractivity contribution in [2.75, 3.05) is 6.61 Å². The van der Waals surface area contributed by atoms with Gasteiger partial charge < -0.3 is 9.47 Å². The SMILES string of the molecule is CC1CCC(c2cc(F)c(C(F)(F)Oc3cc(F)c(F)c(F)c3)c(P)c2)OC1. The van der Waals surface area contributed by atoms with E-state index < -0.39 is 46.8 Å². The lowest BCUT2D eigenvalue weighted by atomic mass is 9.95. The van der Waals surface area contributed by atoms with E-state index in [1.165, 1.54) is 6.07 Å². The van der Waals surface area contributed by atoms with Crippen LogP contribution in [0.15, 0.2) is 24.3 Å². The molecule has 0 N–H and O–H groups in total. The van der Waals surface area contributed by atoms with E-state index in [-0.39, 0.29) is 17.4 Å². The highest BCUT2D eigenvalue weighted by atomic mass is 31.0. The minimum atomic E-state index is -4.25. The third-order valence-electron chi connectivity index (χ3n) is 4.51. The number of halogens is 6. The van der Waals surface area contributed by atoms with Crippen LogP contribution in [-0.2, 0) is 10.8 Å². The largest absolute Gasteiger partial charge is 0.430 e. The second kappa shape index (κ2) is 7.91. The molecule has 1 heterocycles. The molecule has 3 unspecified atom stereocenters. The normalized spacial score (nSPS) is 20.3. The van der Waals surface area contributed by atoms with Crippen LogP contribution in [0.4, 0.5) is 26.3 Å². The van der Waals surface area contributed by atoms with E-state index in [9.17, 15) is 26.3 Å². The zero-order valence-electron chi connectivity index (χ0n) is 14.7. The molecule has 3 rings (SSSR count). The van der Waals surface area contributed by atoms with E-state index in [0.29, 0.717) is 24.5 Å². The Morgan fingerprint density at radius 2 is 1.64 bits per heavy atom. The Kier molecular flexibility index (Phi) is 5.92. The minimum Gasteiger partial charge on any atom is -0.429 e. The van der Waals surface area contributed by atoms with Crippen LogP contribution in [0.3, 0.4) is 0 Å². The van der Waals surface area contributed by atoms with Crippen LogP contribution < -0.4 is 10.0 Å². The maximum atomic E-state index is 14.5. The molecule has 0 aliphatic carbocycles. The highest BCUT2D eigenvalue weighted by molar-refractivity contribution is 7.27. The molecule has 0 radical (unpaired) electrons. The van der Waals surface area contributed by atoms with Crippen molar-refractivity contribution in [3.8, 4) is 5.75 Å². The molecular weight excluding hydrogens is 405 g/mol. The molecular formula is C19H17F6O2P. The average molecular weight is 422 g/mol. The predicted octanol–water partition coefficient (Wildman–Crippen LogP) is 5.36. The first-order valence-electron chi connectivity index (χ1n) is 8.51. The van der Waals surface area contributed by atoms with Gasteiger partial charge in [0.1, 0.15) is 17.1 Å². The van der Waals surface area contributed by atoms with E-state index in [1.54, 1.807) is 0 Å². The van der Waals surface area contributed by atoms with Gasteiger partial charge in [-0.25, -0.2) is 17.6 Å². The van der Waals surface area contributed by atoms with Gasteiger partial charge in [0.15, 0.2) is 17.5 Å². The van der Waals surface area contributed by atoms with Gasteiger partial charge in [0.05, 0.1) is 6.10 Å². The maximum Gasteiger partial charge on any atom is 0.430 e. The van der Waals surface area contributed by atoms with Crippen LogP contribution in [0.25, 0.3) is 0 Å². The summed E-state index contributed by atoms with van der Waals surface area (Å²) < 4.78 is 92.9. The Hall–Kier alpha value is -1.79. The first-order valence-corrected chi connectivity index (χ1v) is 9.08. The van der Waals surface area contributed by atoms with Crippen molar-refractivity contribution < 1.29 is 35.8 Å². The molecule has 1 fully saturated rings. The molecule has 2 aromatic rings. The summed E-state index contributed by atoms with van der Waals surface area (Å²) in [5, 5.41) is -0.190. The molecule has 0 spiro atoms. The van der Waals surface area contributed by atoms with Crippen LogP contribution in [0, 0.1) is 29.2 Å². The van der Waals surface area contributed by atoms with Gasteiger partial charge in [-0.15, -0.1) is 9.24 Å². The van der Waals surface area contributed by atoms with Crippen molar-refractivity contribution in [1.82, 2.24) is 0 Å². The number of rotatable bonds is 4. The second-order valence-corrected chi connectivity index (χ2v) is 7.41. The highest BCUT2D eigenvalue weighted by Crippen LogP contribution is 2.37. The first-order chi connectivity index (χ1) is 13.1. The maximum absolute atomic E-state index is 14.5. The molecule has 152 valence electrons. The third kappa shape index (κ3) is 4.28. The van der Waals surface area contributed by atoms with Gasteiger partial charge in [-0.1, -0.05) is 6.92 Å². The number of benzene rings is 2. The molecule has 1 saturated heterocycles. The standard InChI is InChI=1S/C19H17F6O2P/c1-9-2-3-15(26-8-9)10-4-12(20)17(16(28)5-10)19(24,25)27-11-6-13(21)18(23)14(22)7-11/h4-7,9,15H,2-3,8,28H2,1H3. The lowest BCUT2D eigenvalue weighted by molar-refractivity contribution is -0.186. The molecule has 0 saturated carbocycles. The topological polar surface area (TPSA) is 18.5 Å². The van der Waals surface area contributed by atoms with Crippen molar-refractivity contribution in [3.63, 3.8) is 0 Å². The fourth-order valence-electron chi connectivity index (χ4n) is 3.08. The second-order valence-electron chi connectivity index (χ2n) is 6.79. The zero-order valence-corrected chi connectivity index (χ0v) is 15.9. The quantitative estimate of drug-likeness (QED) is 0.375. The summed E-state index contributed by atoms with van der Waals surface area (Å²) in [6.07, 6.45) is -3.17. The molecule has 0 amide bonds. The monoisotopic (exact) mass is 422 g/mol. The Labute approximate surface area is 160 Å². The van der Waals surface area contributed by atoms with Gasteiger partial charge in [-0.3, -0.25) is 0 Å². The van der Waals surface area contributed by atoms with E-state index in [1.807, 2.05) is 16.2 Å². The summed E-state index contributed by atoms with van der Waals surface area (Å²) in [4.78, 5) is 0. The van der Waals surface area contributed by atoms with Crippen LogP contribution in [0.1, 0.15) is 37.0 Å². The zero-order chi connectivity index (χ0) is 20.6. The van der Waals surface area contributed by atoms with Crippen molar-refractivity contribution >= 4 is 14.5 Å². The Morgan fingerprint density at radius 1 is 1.00 bits per heavy atom. The Bertz CT molecular complexity index is 835. The lowest BCUT2D eigenvalue weighted by Crippen LogP contribution is -2.29. The summed E-state index contributed by atoms with van der Waals surface area (Å²) >= 11 is 0. The van der Waals surface area contributed by atoms with Crippen LogP contribution >= 0.6 is 9.24 Å². The number of hydrogen-bond acceptors (Lipinski definition) is 2. The Balaban J connectivity index is 1.89. The van der Waals surface area contributed by atoms with E-state index in [4.69, 9.17) is 4.74 Å². The molecule has 2 nitrogen and oxygen atoms in total.